The summed E-state index contributed by atoms with van der Waals surface area (Å²) in [4.78, 5) is 4.54. The Balaban J connectivity index is 2.32. The van der Waals surface area contributed by atoms with Crippen LogP contribution < -0.4 is 0 Å². The molecule has 0 saturated heterocycles. The summed E-state index contributed by atoms with van der Waals surface area (Å²) >= 11 is 1.73. The van der Waals surface area contributed by atoms with Gasteiger partial charge in [-0.15, -0.1) is 11.8 Å². The zero-order chi connectivity index (χ0) is 11.5. The van der Waals surface area contributed by atoms with E-state index >= 15 is 0 Å². The zero-order valence-electron chi connectivity index (χ0n) is 9.73. The minimum atomic E-state index is 0.347. The molecule has 1 aliphatic rings. The van der Waals surface area contributed by atoms with Gasteiger partial charge in [0, 0.05) is 11.3 Å². The SMILES string of the molecule is CCCc1ccc(O)c(C2=NC(C)CS2)c1. The number of hydrogen-bond donors (Lipinski definition) is 1. The molecule has 1 N–H and O–H groups in total. The van der Waals surface area contributed by atoms with Crippen molar-refractivity contribution >= 4 is 16.8 Å². The van der Waals surface area contributed by atoms with Crippen molar-refractivity contribution in [3.8, 4) is 5.75 Å². The summed E-state index contributed by atoms with van der Waals surface area (Å²) in [7, 11) is 0. The molecular formula is C13H17NOS. The summed E-state index contributed by atoms with van der Waals surface area (Å²) in [6.45, 7) is 4.27. The molecule has 3 heteroatoms. The smallest absolute Gasteiger partial charge is 0.125 e. The molecule has 2 rings (SSSR count). The number of aryl methyl sites for hydroxylation is 1. The lowest BCUT2D eigenvalue weighted by molar-refractivity contribution is 0.474. The number of aromatic hydroxyl groups is 1. The van der Waals surface area contributed by atoms with Crippen molar-refractivity contribution < 1.29 is 5.11 Å². The highest BCUT2D eigenvalue weighted by Crippen LogP contribution is 2.29. The number of benzene rings is 1. The van der Waals surface area contributed by atoms with Gasteiger partial charge in [0.25, 0.3) is 0 Å². The van der Waals surface area contributed by atoms with Crippen molar-refractivity contribution in [2.75, 3.05) is 5.75 Å². The van der Waals surface area contributed by atoms with Gasteiger partial charge in [0.05, 0.1) is 6.04 Å². The van der Waals surface area contributed by atoms with Gasteiger partial charge in [0.15, 0.2) is 0 Å². The van der Waals surface area contributed by atoms with Crippen molar-refractivity contribution in [2.45, 2.75) is 32.7 Å². The number of aliphatic imine (C=N–C) groups is 1. The Morgan fingerprint density at radius 2 is 2.31 bits per heavy atom. The maximum Gasteiger partial charge on any atom is 0.125 e. The predicted octanol–water partition coefficient (Wildman–Crippen LogP) is 3.23. The van der Waals surface area contributed by atoms with Crippen LogP contribution >= 0.6 is 11.8 Å². The molecule has 1 aliphatic heterocycles. The van der Waals surface area contributed by atoms with Gasteiger partial charge >= 0.3 is 0 Å². The van der Waals surface area contributed by atoms with Gasteiger partial charge in [-0.25, -0.2) is 0 Å². The van der Waals surface area contributed by atoms with E-state index in [1.165, 1.54) is 5.56 Å². The maximum atomic E-state index is 9.86. The van der Waals surface area contributed by atoms with Gasteiger partial charge in [-0.05, 0) is 31.0 Å². The molecule has 0 aromatic heterocycles. The Bertz CT molecular complexity index is 414. The Kier molecular flexibility index (Phi) is 3.54. The summed E-state index contributed by atoms with van der Waals surface area (Å²) < 4.78 is 0. The first-order valence-electron chi connectivity index (χ1n) is 5.73. The number of phenols is 1. The topological polar surface area (TPSA) is 32.6 Å². The molecule has 86 valence electrons. The monoisotopic (exact) mass is 235 g/mol. The fourth-order valence-corrected chi connectivity index (χ4v) is 2.87. The van der Waals surface area contributed by atoms with Gasteiger partial charge in [0.1, 0.15) is 10.8 Å². The number of nitrogens with zero attached hydrogens (tertiary/aromatic N) is 1. The molecule has 0 aliphatic carbocycles. The third kappa shape index (κ3) is 2.40. The van der Waals surface area contributed by atoms with E-state index < -0.39 is 0 Å². The van der Waals surface area contributed by atoms with E-state index in [0.717, 1.165) is 29.2 Å². The third-order valence-electron chi connectivity index (χ3n) is 2.63. The van der Waals surface area contributed by atoms with Crippen molar-refractivity contribution in [3.63, 3.8) is 0 Å². The van der Waals surface area contributed by atoms with Crippen LogP contribution in [-0.2, 0) is 6.42 Å². The highest BCUT2D eigenvalue weighted by Gasteiger charge is 2.18. The molecule has 1 unspecified atom stereocenters. The molecule has 0 fully saturated rings. The summed E-state index contributed by atoms with van der Waals surface area (Å²) in [5.74, 6) is 1.37. The van der Waals surface area contributed by atoms with E-state index in [9.17, 15) is 5.11 Å². The Morgan fingerprint density at radius 3 is 2.94 bits per heavy atom. The molecule has 0 saturated carbocycles. The molecule has 1 atom stereocenters. The first-order chi connectivity index (χ1) is 7.70. The second-order valence-electron chi connectivity index (χ2n) is 4.20. The first-order valence-corrected chi connectivity index (χ1v) is 6.72. The van der Waals surface area contributed by atoms with Gasteiger partial charge in [-0.1, -0.05) is 19.4 Å². The lowest BCUT2D eigenvalue weighted by Gasteiger charge is -2.06. The van der Waals surface area contributed by atoms with Gasteiger partial charge in [0.2, 0.25) is 0 Å². The number of rotatable bonds is 3. The van der Waals surface area contributed by atoms with Crippen LogP contribution in [0.4, 0.5) is 0 Å². The standard InChI is InChI=1S/C13H17NOS/c1-3-4-10-5-6-12(15)11(7-10)13-14-9(2)8-16-13/h5-7,9,15H,3-4,8H2,1-2H3. The fourth-order valence-electron chi connectivity index (χ4n) is 1.82. The number of phenolic OH excluding ortho intramolecular Hbond substituents is 1. The molecule has 0 radical (unpaired) electrons. The summed E-state index contributed by atoms with van der Waals surface area (Å²) in [5, 5.41) is 10.8. The van der Waals surface area contributed by atoms with Crippen LogP contribution in [0.25, 0.3) is 0 Å². The van der Waals surface area contributed by atoms with E-state index in [0.29, 0.717) is 11.8 Å². The molecule has 1 aromatic rings. The number of hydrogen-bond acceptors (Lipinski definition) is 3. The average Bonchev–Trinajstić information content (AvgIpc) is 2.68. The Morgan fingerprint density at radius 1 is 1.50 bits per heavy atom. The van der Waals surface area contributed by atoms with Crippen molar-refractivity contribution in [2.24, 2.45) is 4.99 Å². The molecular weight excluding hydrogens is 218 g/mol. The minimum absolute atomic E-state index is 0.347. The fraction of sp³-hybridized carbons (Fsp3) is 0.462. The lowest BCUT2D eigenvalue weighted by Crippen LogP contribution is -1.95. The van der Waals surface area contributed by atoms with Crippen LogP contribution in [0.2, 0.25) is 0 Å². The molecule has 2 nitrogen and oxygen atoms in total. The van der Waals surface area contributed by atoms with Crippen LogP contribution in [0.5, 0.6) is 5.75 Å². The normalized spacial score (nSPS) is 19.9. The third-order valence-corrected chi connectivity index (χ3v) is 3.88. The molecule has 0 bridgehead atoms. The van der Waals surface area contributed by atoms with E-state index in [1.807, 2.05) is 6.07 Å². The molecule has 0 amide bonds. The highest BCUT2D eigenvalue weighted by atomic mass is 32.2. The van der Waals surface area contributed by atoms with E-state index in [-0.39, 0.29) is 0 Å². The van der Waals surface area contributed by atoms with Gasteiger partial charge in [-0.3, -0.25) is 4.99 Å². The van der Waals surface area contributed by atoms with Gasteiger partial charge < -0.3 is 5.11 Å². The van der Waals surface area contributed by atoms with Crippen LogP contribution in [0, 0.1) is 0 Å². The van der Waals surface area contributed by atoms with Crippen molar-refractivity contribution in [3.05, 3.63) is 29.3 Å². The van der Waals surface area contributed by atoms with Gasteiger partial charge in [-0.2, -0.15) is 0 Å². The quantitative estimate of drug-likeness (QED) is 0.872. The number of thioether (sulfide) groups is 1. The second kappa shape index (κ2) is 4.91. The summed E-state index contributed by atoms with van der Waals surface area (Å²) in [5.41, 5.74) is 2.18. The zero-order valence-corrected chi connectivity index (χ0v) is 10.5. The molecule has 16 heavy (non-hydrogen) atoms. The van der Waals surface area contributed by atoms with E-state index in [4.69, 9.17) is 0 Å². The lowest BCUT2D eigenvalue weighted by atomic mass is 10.1. The molecule has 1 aromatic carbocycles. The van der Waals surface area contributed by atoms with Crippen molar-refractivity contribution in [1.82, 2.24) is 0 Å². The average molecular weight is 235 g/mol. The molecule has 0 spiro atoms. The van der Waals surface area contributed by atoms with Crippen molar-refractivity contribution in [1.29, 1.82) is 0 Å². The maximum absolute atomic E-state index is 9.86. The predicted molar refractivity (Wildman–Crippen MR) is 70.6 cm³/mol. The van der Waals surface area contributed by atoms with Crippen LogP contribution in [-0.4, -0.2) is 21.9 Å². The van der Waals surface area contributed by atoms with Crippen LogP contribution in [0.1, 0.15) is 31.4 Å². The first kappa shape index (κ1) is 11.5. The summed E-state index contributed by atoms with van der Waals surface area (Å²) in [6.07, 6.45) is 2.18. The largest absolute Gasteiger partial charge is 0.507 e. The minimum Gasteiger partial charge on any atom is -0.507 e. The molecule has 1 heterocycles. The van der Waals surface area contributed by atoms with Crippen LogP contribution in [0.15, 0.2) is 23.2 Å². The van der Waals surface area contributed by atoms with Crippen LogP contribution in [0.3, 0.4) is 0 Å². The summed E-state index contributed by atoms with van der Waals surface area (Å²) in [6, 6.07) is 6.22. The Hall–Kier alpha value is -0.960. The van der Waals surface area contributed by atoms with E-state index in [1.54, 1.807) is 17.8 Å². The second-order valence-corrected chi connectivity index (χ2v) is 5.20. The van der Waals surface area contributed by atoms with E-state index in [2.05, 4.69) is 24.9 Å². The highest BCUT2D eigenvalue weighted by molar-refractivity contribution is 8.14. The Labute approximate surface area is 101 Å².